The van der Waals surface area contributed by atoms with Crippen molar-refractivity contribution in [2.45, 2.75) is 33.1 Å². The molecule has 2 aromatic rings. The average molecular weight is 354 g/mol. The fourth-order valence-electron chi connectivity index (χ4n) is 2.62. The van der Waals surface area contributed by atoms with E-state index in [-0.39, 0.29) is 24.5 Å². The van der Waals surface area contributed by atoms with Crippen LogP contribution in [-0.4, -0.2) is 24.5 Å². The molecule has 0 atom stereocenters. The van der Waals surface area contributed by atoms with Crippen LogP contribution in [0.5, 0.6) is 5.75 Å². The van der Waals surface area contributed by atoms with E-state index < -0.39 is 0 Å². The molecule has 6 heteroatoms. The van der Waals surface area contributed by atoms with Crippen LogP contribution in [0.2, 0.25) is 0 Å². The first kappa shape index (κ1) is 17.9. The van der Waals surface area contributed by atoms with E-state index in [2.05, 4.69) is 10.6 Å². The van der Waals surface area contributed by atoms with Crippen molar-refractivity contribution in [1.82, 2.24) is 5.32 Å². The lowest BCUT2D eigenvalue weighted by Crippen LogP contribution is -2.27. The fourth-order valence-corrected chi connectivity index (χ4v) is 2.62. The van der Waals surface area contributed by atoms with E-state index in [0.29, 0.717) is 30.2 Å². The molecule has 0 aromatic heterocycles. The molecular weight excluding hydrogens is 332 g/mol. The maximum absolute atomic E-state index is 12.5. The summed E-state index contributed by atoms with van der Waals surface area (Å²) in [5.41, 5.74) is 3.13. The molecule has 3 rings (SSSR count). The Kier molecular flexibility index (Phi) is 5.53. The van der Waals surface area contributed by atoms with Crippen molar-refractivity contribution in [3.8, 4) is 5.75 Å². The van der Waals surface area contributed by atoms with Gasteiger partial charge in [-0.25, -0.2) is 0 Å². The van der Waals surface area contributed by atoms with Crippen LogP contribution in [0.25, 0.3) is 0 Å². The molecule has 136 valence electrons. The average Bonchev–Trinajstić information content (AvgIpc) is 2.64. The summed E-state index contributed by atoms with van der Waals surface area (Å²) in [5, 5.41) is 5.63. The zero-order valence-corrected chi connectivity index (χ0v) is 14.9. The minimum absolute atomic E-state index is 0.0404. The third kappa shape index (κ3) is 4.40. The Labute approximate surface area is 152 Å². The minimum atomic E-state index is -0.201. The van der Waals surface area contributed by atoms with Gasteiger partial charge >= 0.3 is 0 Å². The molecule has 2 amide bonds. The predicted molar refractivity (Wildman–Crippen MR) is 98.1 cm³/mol. The first-order chi connectivity index (χ1) is 12.5. The summed E-state index contributed by atoms with van der Waals surface area (Å²) in [6.45, 7) is 4.86. The third-order valence-corrected chi connectivity index (χ3v) is 4.01. The van der Waals surface area contributed by atoms with E-state index in [1.165, 1.54) is 0 Å². The molecule has 0 spiro atoms. The van der Waals surface area contributed by atoms with Gasteiger partial charge in [0.15, 0.2) is 6.61 Å². The van der Waals surface area contributed by atoms with E-state index >= 15 is 0 Å². The van der Waals surface area contributed by atoms with Crippen LogP contribution >= 0.6 is 0 Å². The molecule has 0 saturated heterocycles. The lowest BCUT2D eigenvalue weighted by Gasteiger charge is -2.18. The Morgan fingerprint density at radius 3 is 2.77 bits per heavy atom. The molecule has 2 aromatic carbocycles. The quantitative estimate of drug-likeness (QED) is 0.836. The van der Waals surface area contributed by atoms with Crippen LogP contribution in [0, 0.1) is 0 Å². The zero-order valence-electron chi connectivity index (χ0n) is 14.9. The molecule has 0 bridgehead atoms. The largest absolute Gasteiger partial charge is 0.482 e. The molecule has 2 N–H and O–H groups in total. The Morgan fingerprint density at radius 2 is 2.00 bits per heavy atom. The Hall–Kier alpha value is -2.86. The summed E-state index contributed by atoms with van der Waals surface area (Å²) in [5.74, 6) is 0.103. The summed E-state index contributed by atoms with van der Waals surface area (Å²) >= 11 is 0. The SMILES string of the molecule is CC(C)OCc1ccccc1CNC(=O)c1ccc2c(c1)OCC(=O)N2. The number of carbonyl (C=O) groups is 2. The second-order valence-corrected chi connectivity index (χ2v) is 6.36. The van der Waals surface area contributed by atoms with Crippen LogP contribution in [0.15, 0.2) is 42.5 Å². The number of fused-ring (bicyclic) bond motifs is 1. The fraction of sp³-hybridized carbons (Fsp3) is 0.300. The van der Waals surface area contributed by atoms with Gasteiger partial charge in [0.05, 0.1) is 18.4 Å². The monoisotopic (exact) mass is 354 g/mol. The standard InChI is InChI=1S/C20H22N2O4/c1-13(2)25-11-16-6-4-3-5-15(16)10-21-20(24)14-7-8-17-18(9-14)26-12-19(23)22-17/h3-9,13H,10-12H2,1-2H3,(H,21,24)(H,22,23). The molecule has 0 unspecified atom stereocenters. The number of nitrogens with one attached hydrogen (secondary N) is 2. The van der Waals surface area contributed by atoms with Gasteiger partial charge in [-0.2, -0.15) is 0 Å². The van der Waals surface area contributed by atoms with Gasteiger partial charge in [0.1, 0.15) is 5.75 Å². The lowest BCUT2D eigenvalue weighted by molar-refractivity contribution is -0.118. The second-order valence-electron chi connectivity index (χ2n) is 6.36. The summed E-state index contributed by atoms with van der Waals surface area (Å²) < 4.78 is 11.0. The molecule has 0 aliphatic carbocycles. The van der Waals surface area contributed by atoms with Gasteiger partial charge in [0, 0.05) is 12.1 Å². The van der Waals surface area contributed by atoms with Crippen LogP contribution < -0.4 is 15.4 Å². The number of anilines is 1. The maximum Gasteiger partial charge on any atom is 0.262 e. The van der Waals surface area contributed by atoms with Gasteiger partial charge in [0.2, 0.25) is 0 Å². The second kappa shape index (κ2) is 8.01. The predicted octanol–water partition coefficient (Wildman–Crippen LogP) is 2.87. The van der Waals surface area contributed by atoms with Crippen molar-refractivity contribution in [2.75, 3.05) is 11.9 Å². The third-order valence-electron chi connectivity index (χ3n) is 4.01. The van der Waals surface area contributed by atoms with Gasteiger partial charge in [-0.3, -0.25) is 9.59 Å². The smallest absolute Gasteiger partial charge is 0.262 e. The van der Waals surface area contributed by atoms with Crippen molar-refractivity contribution in [3.05, 3.63) is 59.2 Å². The first-order valence-electron chi connectivity index (χ1n) is 8.56. The van der Waals surface area contributed by atoms with Crippen LogP contribution in [0.1, 0.15) is 35.3 Å². The van der Waals surface area contributed by atoms with Crippen molar-refractivity contribution in [1.29, 1.82) is 0 Å². The Balaban J connectivity index is 1.65. The highest BCUT2D eigenvalue weighted by Crippen LogP contribution is 2.28. The lowest BCUT2D eigenvalue weighted by atomic mass is 10.1. The highest BCUT2D eigenvalue weighted by molar-refractivity contribution is 5.98. The first-order valence-corrected chi connectivity index (χ1v) is 8.56. The van der Waals surface area contributed by atoms with Gasteiger partial charge in [-0.15, -0.1) is 0 Å². The normalized spacial score (nSPS) is 13.0. The van der Waals surface area contributed by atoms with Crippen LogP contribution in [-0.2, 0) is 22.7 Å². The van der Waals surface area contributed by atoms with Crippen molar-refractivity contribution < 1.29 is 19.1 Å². The van der Waals surface area contributed by atoms with E-state index in [1.807, 2.05) is 38.1 Å². The highest BCUT2D eigenvalue weighted by atomic mass is 16.5. The van der Waals surface area contributed by atoms with E-state index in [1.54, 1.807) is 18.2 Å². The van der Waals surface area contributed by atoms with Gasteiger partial charge in [0.25, 0.3) is 11.8 Å². The topological polar surface area (TPSA) is 76.7 Å². The summed E-state index contributed by atoms with van der Waals surface area (Å²) in [6, 6.07) is 12.8. The van der Waals surface area contributed by atoms with Gasteiger partial charge < -0.3 is 20.1 Å². The molecule has 0 saturated carbocycles. The molecular formula is C20H22N2O4. The summed E-state index contributed by atoms with van der Waals surface area (Å²) in [6.07, 6.45) is 0.147. The van der Waals surface area contributed by atoms with Crippen molar-refractivity contribution >= 4 is 17.5 Å². The highest BCUT2D eigenvalue weighted by Gasteiger charge is 2.18. The number of carbonyl (C=O) groups excluding carboxylic acids is 2. The zero-order chi connectivity index (χ0) is 18.5. The van der Waals surface area contributed by atoms with Gasteiger partial charge in [-0.05, 0) is 43.2 Å². The van der Waals surface area contributed by atoms with E-state index in [9.17, 15) is 9.59 Å². The number of amides is 2. The van der Waals surface area contributed by atoms with Crippen LogP contribution in [0.4, 0.5) is 5.69 Å². The van der Waals surface area contributed by atoms with Crippen molar-refractivity contribution in [2.24, 2.45) is 0 Å². The number of rotatable bonds is 6. The Bertz CT molecular complexity index is 817. The Morgan fingerprint density at radius 1 is 1.23 bits per heavy atom. The molecule has 6 nitrogen and oxygen atoms in total. The summed E-state index contributed by atoms with van der Waals surface area (Å²) in [4.78, 5) is 23.8. The number of hydrogen-bond donors (Lipinski definition) is 2. The molecule has 0 fully saturated rings. The minimum Gasteiger partial charge on any atom is -0.482 e. The molecule has 1 heterocycles. The van der Waals surface area contributed by atoms with Crippen LogP contribution in [0.3, 0.4) is 0 Å². The molecule has 1 aliphatic heterocycles. The molecule has 1 aliphatic rings. The molecule has 0 radical (unpaired) electrons. The van der Waals surface area contributed by atoms with Crippen molar-refractivity contribution in [3.63, 3.8) is 0 Å². The number of hydrogen-bond acceptors (Lipinski definition) is 4. The number of ether oxygens (including phenoxy) is 2. The number of benzene rings is 2. The molecule has 26 heavy (non-hydrogen) atoms. The summed E-state index contributed by atoms with van der Waals surface area (Å²) in [7, 11) is 0. The maximum atomic E-state index is 12.5. The van der Waals surface area contributed by atoms with Gasteiger partial charge in [-0.1, -0.05) is 24.3 Å². The van der Waals surface area contributed by atoms with E-state index in [0.717, 1.165) is 11.1 Å². The van der Waals surface area contributed by atoms with E-state index in [4.69, 9.17) is 9.47 Å².